The zero-order valence-corrected chi connectivity index (χ0v) is 14.9. The first-order chi connectivity index (χ1) is 12.3. The Morgan fingerprint density at radius 3 is 2.76 bits per heavy atom. The molecular formula is C20H25N3O2. The zero-order valence-electron chi connectivity index (χ0n) is 14.9. The number of hydrogen-bond donors (Lipinski definition) is 1. The Balaban J connectivity index is 1.72. The maximum atomic E-state index is 6.09. The molecule has 25 heavy (non-hydrogen) atoms. The highest BCUT2D eigenvalue weighted by Gasteiger charge is 2.11. The molecule has 0 radical (unpaired) electrons. The minimum atomic E-state index is 0.542. The Morgan fingerprint density at radius 2 is 1.96 bits per heavy atom. The van der Waals surface area contributed by atoms with Gasteiger partial charge < -0.3 is 19.4 Å². The van der Waals surface area contributed by atoms with Gasteiger partial charge in [-0.15, -0.1) is 0 Å². The summed E-state index contributed by atoms with van der Waals surface area (Å²) >= 11 is 0. The number of pyridine rings is 1. The van der Waals surface area contributed by atoms with Gasteiger partial charge in [0.15, 0.2) is 0 Å². The molecule has 0 aliphatic rings. The lowest BCUT2D eigenvalue weighted by Gasteiger charge is -2.16. The summed E-state index contributed by atoms with van der Waals surface area (Å²) in [5, 5.41) is 1.18. The van der Waals surface area contributed by atoms with E-state index in [1.54, 1.807) is 19.5 Å². The van der Waals surface area contributed by atoms with Gasteiger partial charge in [0.05, 0.1) is 6.61 Å². The van der Waals surface area contributed by atoms with E-state index in [4.69, 9.17) is 9.47 Å². The van der Waals surface area contributed by atoms with E-state index in [-0.39, 0.29) is 0 Å². The molecule has 3 aromatic rings. The molecule has 0 spiro atoms. The normalized spacial score (nSPS) is 11.3. The van der Waals surface area contributed by atoms with Crippen LogP contribution < -0.4 is 4.74 Å². The van der Waals surface area contributed by atoms with Crippen LogP contribution in [0.1, 0.15) is 11.1 Å². The van der Waals surface area contributed by atoms with E-state index in [1.165, 1.54) is 10.9 Å². The van der Waals surface area contributed by atoms with Gasteiger partial charge in [-0.05, 0) is 48.9 Å². The van der Waals surface area contributed by atoms with Gasteiger partial charge in [-0.2, -0.15) is 0 Å². The molecule has 132 valence electrons. The summed E-state index contributed by atoms with van der Waals surface area (Å²) in [6.07, 6.45) is 6.64. The molecule has 0 saturated carbocycles. The number of nitrogens with zero attached hydrogens (tertiary/aromatic N) is 2. The quantitative estimate of drug-likeness (QED) is 0.650. The van der Waals surface area contributed by atoms with Crippen molar-refractivity contribution in [2.45, 2.75) is 13.0 Å². The molecule has 2 heterocycles. The molecule has 1 aromatic carbocycles. The van der Waals surface area contributed by atoms with Crippen molar-refractivity contribution in [3.63, 3.8) is 0 Å². The highest BCUT2D eigenvalue weighted by atomic mass is 16.5. The van der Waals surface area contributed by atoms with Crippen molar-refractivity contribution >= 4 is 10.9 Å². The van der Waals surface area contributed by atoms with Crippen LogP contribution in [0, 0.1) is 0 Å². The largest absolute Gasteiger partial charge is 0.488 e. The second-order valence-electron chi connectivity index (χ2n) is 6.18. The third-order valence-corrected chi connectivity index (χ3v) is 4.33. The van der Waals surface area contributed by atoms with Crippen molar-refractivity contribution < 1.29 is 9.47 Å². The van der Waals surface area contributed by atoms with Gasteiger partial charge in [-0.1, -0.05) is 6.07 Å². The first-order valence-corrected chi connectivity index (χ1v) is 8.56. The number of likely N-dealkylation sites (N-methyl/N-ethyl adjacent to an activating group) is 1. The van der Waals surface area contributed by atoms with Crippen LogP contribution in [0.15, 0.2) is 48.9 Å². The van der Waals surface area contributed by atoms with Crippen molar-refractivity contribution in [2.75, 3.05) is 33.9 Å². The van der Waals surface area contributed by atoms with Crippen LogP contribution in [0.2, 0.25) is 0 Å². The average molecular weight is 339 g/mol. The first kappa shape index (κ1) is 17.5. The Labute approximate surface area is 148 Å². The van der Waals surface area contributed by atoms with Gasteiger partial charge in [0, 0.05) is 49.7 Å². The van der Waals surface area contributed by atoms with Crippen molar-refractivity contribution in [1.29, 1.82) is 0 Å². The number of H-pyrrole nitrogens is 1. The van der Waals surface area contributed by atoms with Crippen LogP contribution in [0.25, 0.3) is 10.9 Å². The second kappa shape index (κ2) is 8.65. The zero-order chi connectivity index (χ0) is 17.5. The number of rotatable bonds is 9. The molecular weight excluding hydrogens is 314 g/mol. The number of ether oxygens (including phenoxy) is 2. The fraction of sp³-hybridized carbons (Fsp3) is 0.350. The first-order valence-electron chi connectivity index (χ1n) is 8.56. The Kier molecular flexibility index (Phi) is 6.04. The molecule has 0 atom stereocenters. The summed E-state index contributed by atoms with van der Waals surface area (Å²) in [7, 11) is 3.86. The average Bonchev–Trinajstić information content (AvgIpc) is 3.07. The van der Waals surface area contributed by atoms with Gasteiger partial charge in [0.2, 0.25) is 0 Å². The van der Waals surface area contributed by atoms with Gasteiger partial charge in [-0.3, -0.25) is 4.98 Å². The Morgan fingerprint density at radius 1 is 1.12 bits per heavy atom. The van der Waals surface area contributed by atoms with Gasteiger partial charge in [0.1, 0.15) is 12.4 Å². The van der Waals surface area contributed by atoms with E-state index in [9.17, 15) is 0 Å². The van der Waals surface area contributed by atoms with E-state index in [0.29, 0.717) is 6.61 Å². The van der Waals surface area contributed by atoms with E-state index in [1.807, 2.05) is 24.3 Å². The third kappa shape index (κ3) is 4.59. The molecule has 0 unspecified atom stereocenters. The van der Waals surface area contributed by atoms with Crippen LogP contribution in [-0.2, 0) is 17.8 Å². The molecule has 3 rings (SSSR count). The number of nitrogens with one attached hydrogen (secondary N) is 1. The van der Waals surface area contributed by atoms with Gasteiger partial charge in [-0.25, -0.2) is 0 Å². The van der Waals surface area contributed by atoms with Gasteiger partial charge >= 0.3 is 0 Å². The number of aromatic amines is 1. The fourth-order valence-corrected chi connectivity index (χ4v) is 2.85. The minimum absolute atomic E-state index is 0.542. The molecule has 5 nitrogen and oxygen atoms in total. The van der Waals surface area contributed by atoms with E-state index < -0.39 is 0 Å². The fourth-order valence-electron chi connectivity index (χ4n) is 2.85. The van der Waals surface area contributed by atoms with Gasteiger partial charge in [0.25, 0.3) is 0 Å². The molecule has 0 bridgehead atoms. The van der Waals surface area contributed by atoms with Crippen molar-refractivity contribution in [2.24, 2.45) is 0 Å². The molecule has 0 aliphatic carbocycles. The maximum Gasteiger partial charge on any atom is 0.129 e. The van der Waals surface area contributed by atoms with Crippen molar-refractivity contribution in [3.05, 3.63) is 60.0 Å². The van der Waals surface area contributed by atoms with Crippen LogP contribution in [-0.4, -0.2) is 48.7 Å². The van der Waals surface area contributed by atoms with Crippen LogP contribution in [0.4, 0.5) is 0 Å². The third-order valence-electron chi connectivity index (χ3n) is 4.33. The lowest BCUT2D eigenvalue weighted by atomic mass is 10.1. The minimum Gasteiger partial charge on any atom is -0.488 e. The Bertz CT molecular complexity index is 786. The predicted octanol–water partition coefficient (Wildman–Crippen LogP) is 3.26. The molecule has 0 amide bonds. The number of hydrogen-bond acceptors (Lipinski definition) is 4. The maximum absolute atomic E-state index is 6.09. The molecule has 0 fully saturated rings. The molecule has 1 N–H and O–H groups in total. The molecule has 2 aromatic heterocycles. The SMILES string of the molecule is COCCN(C)CCc1c[nH]c2cccc(OCc3ccncc3)c12. The summed E-state index contributed by atoms with van der Waals surface area (Å²) in [6.45, 7) is 3.21. The molecule has 0 aliphatic heterocycles. The lowest BCUT2D eigenvalue weighted by molar-refractivity contribution is 0.162. The van der Waals surface area contributed by atoms with Crippen molar-refractivity contribution in [1.82, 2.24) is 14.9 Å². The second-order valence-corrected chi connectivity index (χ2v) is 6.18. The highest BCUT2D eigenvalue weighted by molar-refractivity contribution is 5.89. The van der Waals surface area contributed by atoms with E-state index >= 15 is 0 Å². The predicted molar refractivity (Wildman–Crippen MR) is 99.9 cm³/mol. The van der Waals surface area contributed by atoms with Crippen LogP contribution in [0.3, 0.4) is 0 Å². The summed E-state index contributed by atoms with van der Waals surface area (Å²) in [4.78, 5) is 9.69. The number of methoxy groups -OCH3 is 1. The lowest BCUT2D eigenvalue weighted by Crippen LogP contribution is -2.25. The molecule has 5 heteroatoms. The standard InChI is InChI=1S/C20H25N3O2/c1-23(12-13-24-2)11-8-17-14-22-18-4-3-5-19(20(17)18)25-15-16-6-9-21-10-7-16/h3-7,9-10,14,22H,8,11-13,15H2,1-2H3. The monoisotopic (exact) mass is 339 g/mol. The van der Waals surface area contributed by atoms with Crippen LogP contribution >= 0.6 is 0 Å². The van der Waals surface area contributed by atoms with E-state index in [2.05, 4.69) is 34.2 Å². The smallest absolute Gasteiger partial charge is 0.129 e. The van der Waals surface area contributed by atoms with E-state index in [0.717, 1.165) is 42.9 Å². The summed E-state index contributed by atoms with van der Waals surface area (Å²) < 4.78 is 11.2. The number of benzene rings is 1. The Hall–Kier alpha value is -2.37. The molecule has 0 saturated heterocycles. The number of fused-ring (bicyclic) bond motifs is 1. The summed E-state index contributed by atoms with van der Waals surface area (Å²) in [5.41, 5.74) is 3.51. The summed E-state index contributed by atoms with van der Waals surface area (Å²) in [6, 6.07) is 10.1. The van der Waals surface area contributed by atoms with Crippen LogP contribution in [0.5, 0.6) is 5.75 Å². The highest BCUT2D eigenvalue weighted by Crippen LogP contribution is 2.29. The number of aromatic nitrogens is 2. The topological polar surface area (TPSA) is 50.4 Å². The summed E-state index contributed by atoms with van der Waals surface area (Å²) in [5.74, 6) is 0.921. The van der Waals surface area contributed by atoms with Crippen molar-refractivity contribution in [3.8, 4) is 5.75 Å².